The molecule has 6 heterocycles. The number of ether oxygens (including phenoxy) is 3. The van der Waals surface area contributed by atoms with E-state index in [1.807, 2.05) is 5.43 Å². The van der Waals surface area contributed by atoms with Crippen molar-refractivity contribution in [2.75, 3.05) is 42.9 Å². The first-order valence-electron chi connectivity index (χ1n) is 19.0. The molecule has 2 aliphatic rings. The van der Waals surface area contributed by atoms with Gasteiger partial charge >= 0.3 is 5.97 Å². The molecular weight excluding hydrogens is 827 g/mol. The number of nitrogen functional groups attached to an aromatic ring is 2. The summed E-state index contributed by atoms with van der Waals surface area (Å²) in [5.41, 5.74) is 12.6. The minimum atomic E-state index is -1.67. The van der Waals surface area contributed by atoms with Crippen LogP contribution in [0.4, 0.5) is 32.1 Å². The summed E-state index contributed by atoms with van der Waals surface area (Å²) in [6.07, 6.45) is 0. The maximum absolute atomic E-state index is 14.1. The van der Waals surface area contributed by atoms with Crippen LogP contribution in [0.5, 0.6) is 11.8 Å². The van der Waals surface area contributed by atoms with Crippen molar-refractivity contribution in [1.82, 2.24) is 44.9 Å². The van der Waals surface area contributed by atoms with E-state index in [9.17, 15) is 28.0 Å². The minimum Gasteiger partial charge on any atom is -0.481 e. The number of carbonyl (C=O) groups is 4. The lowest BCUT2D eigenvalue weighted by Crippen LogP contribution is -2.49. The molecule has 2 atom stereocenters. The van der Waals surface area contributed by atoms with E-state index in [0.717, 1.165) is 0 Å². The molecule has 326 valence electrons. The molecule has 0 spiro atoms. The summed E-state index contributed by atoms with van der Waals surface area (Å²) in [5, 5.41) is 13.9. The van der Waals surface area contributed by atoms with Gasteiger partial charge in [0.05, 0.1) is 45.0 Å². The summed E-state index contributed by atoms with van der Waals surface area (Å²) in [4.78, 5) is 66.9. The monoisotopic (exact) mass is 866 g/mol. The lowest BCUT2D eigenvalue weighted by Gasteiger charge is -2.20. The van der Waals surface area contributed by atoms with Crippen molar-refractivity contribution in [2.45, 2.75) is 44.7 Å². The van der Waals surface area contributed by atoms with E-state index in [1.54, 1.807) is 55.5 Å². The van der Waals surface area contributed by atoms with E-state index in [0.29, 0.717) is 28.6 Å². The fraction of sp³-hybridized carbons (Fsp3) is 0.250. The smallest absolute Gasteiger partial charge is 0.326 e. The maximum atomic E-state index is 14.1. The topological polar surface area (TPSA) is 297 Å². The normalized spacial score (nSPS) is 17.1. The number of aromatic nitrogens is 8. The Morgan fingerprint density at radius 3 is 1.57 bits per heavy atom. The molecule has 0 saturated heterocycles. The van der Waals surface area contributed by atoms with Gasteiger partial charge < -0.3 is 36.3 Å². The number of methoxy groups -OCH3 is 2. The van der Waals surface area contributed by atoms with Gasteiger partial charge in [-0.15, -0.1) is 0 Å². The molecule has 63 heavy (non-hydrogen) atoms. The number of hydrazine groups is 1. The molecule has 9 N–H and O–H groups in total. The Morgan fingerprint density at radius 1 is 0.730 bits per heavy atom. The molecule has 2 unspecified atom stereocenters. The molecule has 2 aromatic carbocycles. The summed E-state index contributed by atoms with van der Waals surface area (Å²) in [5.74, 6) is 2.72. The van der Waals surface area contributed by atoms with Gasteiger partial charge in [0.25, 0.3) is 5.91 Å². The fourth-order valence-electron chi connectivity index (χ4n) is 7.02. The number of anilines is 4. The van der Waals surface area contributed by atoms with Crippen LogP contribution < -0.4 is 42.8 Å². The Bertz CT molecular complexity index is 2810. The molecule has 23 heteroatoms. The minimum absolute atomic E-state index is 0.0541. The number of carbonyl (C=O) groups excluding carboxylic acids is 4. The number of nitrogens with zero attached hydrogens (tertiary/aromatic N) is 8. The zero-order valence-corrected chi connectivity index (χ0v) is 34.3. The van der Waals surface area contributed by atoms with Crippen LogP contribution in [0.2, 0.25) is 0 Å². The maximum Gasteiger partial charge on any atom is 0.326 e. The summed E-state index contributed by atoms with van der Waals surface area (Å²) >= 11 is 0. The van der Waals surface area contributed by atoms with Crippen LogP contribution in [-0.4, -0.2) is 84.0 Å². The van der Waals surface area contributed by atoms with Gasteiger partial charge in [-0.2, -0.15) is 10.2 Å². The number of nitrogens with two attached hydrogens (primary N) is 3. The molecule has 8 rings (SSSR count). The van der Waals surface area contributed by atoms with Gasteiger partial charge in [0.1, 0.15) is 46.3 Å². The molecule has 0 fully saturated rings. The second-order valence-corrected chi connectivity index (χ2v) is 14.3. The SMILES string of the molecule is CCOC(=O)C1(C)C(=O)Nc2nc(-c3cc(OC)n(Cc4ccccc4F)n3)nc(N)c21.COc1cc(-c2nc(N)c3c(n2)NC(=O)C3(C)C(=O)NN)nn1Cc1ccccc1F. The number of nitrogens with one attached hydrogen (secondary N) is 3. The summed E-state index contributed by atoms with van der Waals surface area (Å²) in [7, 11) is 2.91. The van der Waals surface area contributed by atoms with Crippen molar-refractivity contribution < 1.29 is 42.2 Å². The van der Waals surface area contributed by atoms with Crippen molar-refractivity contribution in [3.63, 3.8) is 0 Å². The molecule has 2 aliphatic heterocycles. The Kier molecular flexibility index (Phi) is 11.4. The fourth-order valence-corrected chi connectivity index (χ4v) is 7.02. The Labute approximate surface area is 356 Å². The van der Waals surface area contributed by atoms with Gasteiger partial charge in [0.2, 0.25) is 23.6 Å². The van der Waals surface area contributed by atoms with Crippen molar-refractivity contribution >= 4 is 47.0 Å². The Hall–Kier alpha value is -8.08. The van der Waals surface area contributed by atoms with Crippen molar-refractivity contribution in [1.29, 1.82) is 0 Å². The summed E-state index contributed by atoms with van der Waals surface area (Å²) in [6, 6.07) is 15.8. The van der Waals surface area contributed by atoms with Crippen molar-refractivity contribution in [3.05, 3.63) is 94.6 Å². The molecule has 4 aromatic heterocycles. The average Bonchev–Trinajstić information content (AvgIpc) is 4.01. The first-order valence-corrected chi connectivity index (χ1v) is 19.0. The quantitative estimate of drug-likeness (QED) is 0.0358. The molecule has 21 nitrogen and oxygen atoms in total. The van der Waals surface area contributed by atoms with Crippen LogP contribution in [0.25, 0.3) is 23.0 Å². The number of fused-ring (bicyclic) bond motifs is 2. The predicted molar refractivity (Wildman–Crippen MR) is 220 cm³/mol. The summed E-state index contributed by atoms with van der Waals surface area (Å²) < 4.78 is 46.8. The molecule has 3 amide bonds. The van der Waals surface area contributed by atoms with Gasteiger partial charge in [0, 0.05) is 23.3 Å². The number of rotatable bonds is 11. The van der Waals surface area contributed by atoms with Crippen LogP contribution >= 0.6 is 0 Å². The van der Waals surface area contributed by atoms with Gasteiger partial charge in [-0.05, 0) is 32.9 Å². The van der Waals surface area contributed by atoms with Crippen LogP contribution in [0.15, 0.2) is 60.7 Å². The molecule has 6 aromatic rings. The zero-order valence-electron chi connectivity index (χ0n) is 34.3. The number of hydrogen-bond acceptors (Lipinski definition) is 16. The van der Waals surface area contributed by atoms with Crippen LogP contribution in [0, 0.1) is 11.6 Å². The third-order valence-corrected chi connectivity index (χ3v) is 10.4. The van der Waals surface area contributed by atoms with E-state index in [4.69, 9.17) is 31.5 Å². The zero-order chi connectivity index (χ0) is 45.4. The highest BCUT2D eigenvalue weighted by Crippen LogP contribution is 2.43. The number of halogens is 2. The van der Waals surface area contributed by atoms with Gasteiger partial charge in [-0.3, -0.25) is 24.6 Å². The lowest BCUT2D eigenvalue weighted by atomic mass is 9.83. The standard InChI is InChI=1S/C21H21FN6O4.C19H19FN8O3/c1-4-32-20(30)21(2)15-16(23)24-17(25-18(15)26-19(21)29)13-9-14(31-3)28(27-13)10-11-7-5-6-8-12(11)22;1-19(18(30)26-22)13-14(21)23-15(24-16(13)25-17(19)29)11-7-12(31-2)28(27-11)8-9-5-3-4-6-10(9)20/h5-9H,4,10H2,1-3H3,(H3,23,24,25,26,29);3-7H,8,22H2,1-2H3,(H,26,30)(H3,21,23,24,25,29). The van der Waals surface area contributed by atoms with Crippen LogP contribution in [0.1, 0.15) is 43.0 Å². The van der Waals surface area contributed by atoms with Crippen LogP contribution in [-0.2, 0) is 47.8 Å². The van der Waals surface area contributed by atoms with E-state index < -0.39 is 34.5 Å². The van der Waals surface area contributed by atoms with Gasteiger partial charge in [0.15, 0.2) is 22.5 Å². The molecular formula is C40H40F2N14O7. The second-order valence-electron chi connectivity index (χ2n) is 14.3. The summed E-state index contributed by atoms with van der Waals surface area (Å²) in [6.45, 7) is 4.77. The van der Waals surface area contributed by atoms with Gasteiger partial charge in [-0.1, -0.05) is 36.4 Å². The number of amides is 3. The molecule has 0 radical (unpaired) electrons. The first-order chi connectivity index (χ1) is 30.1. The largest absolute Gasteiger partial charge is 0.481 e. The lowest BCUT2D eigenvalue weighted by molar-refractivity contribution is -0.152. The Balaban J connectivity index is 0.000000189. The van der Waals surface area contributed by atoms with Crippen molar-refractivity contribution in [2.24, 2.45) is 5.84 Å². The number of esters is 1. The number of hydrogen-bond donors (Lipinski definition) is 6. The second kappa shape index (κ2) is 16.8. The third-order valence-electron chi connectivity index (χ3n) is 10.4. The van der Waals surface area contributed by atoms with Crippen molar-refractivity contribution in [3.8, 4) is 34.8 Å². The number of benzene rings is 2. The van der Waals surface area contributed by atoms with E-state index in [1.165, 1.54) is 49.6 Å². The highest BCUT2D eigenvalue weighted by atomic mass is 19.1. The predicted octanol–water partition coefficient (Wildman–Crippen LogP) is 2.21. The first kappa shape index (κ1) is 43.0. The molecule has 0 saturated carbocycles. The van der Waals surface area contributed by atoms with Crippen LogP contribution in [0.3, 0.4) is 0 Å². The van der Waals surface area contributed by atoms with E-state index in [2.05, 4.69) is 40.8 Å². The highest BCUT2D eigenvalue weighted by Gasteiger charge is 2.54. The van der Waals surface area contributed by atoms with E-state index in [-0.39, 0.29) is 83.1 Å². The highest BCUT2D eigenvalue weighted by molar-refractivity contribution is 6.21. The van der Waals surface area contributed by atoms with Gasteiger partial charge in [-0.25, -0.2) is 43.9 Å². The molecule has 0 bridgehead atoms. The third kappa shape index (κ3) is 7.53. The average molecular weight is 867 g/mol. The molecule has 0 aliphatic carbocycles. The van der Waals surface area contributed by atoms with E-state index >= 15 is 0 Å². The Morgan fingerprint density at radius 2 is 1.16 bits per heavy atom.